The molecule has 0 radical (unpaired) electrons. The van der Waals surface area contributed by atoms with Crippen molar-refractivity contribution in [3.63, 3.8) is 0 Å². The summed E-state index contributed by atoms with van der Waals surface area (Å²) in [5.41, 5.74) is 13.4. The van der Waals surface area contributed by atoms with Crippen LogP contribution in [0.1, 0.15) is 24.6 Å². The standard InChI is InChI=1S/C10H13N5O4.C10H15N5O3/c1-5-3-15(10(18)12-9(5)17)8-2-6(13-14-11)7(4-16)19-8;11-10-13-8-7(9(18)14-10)12-5-15(8)3-6(4-17)1-2-16/h3,6-8,16H,2,4H2,1H3,(H,12,17,18);5-6,16-17H,1-4H2,(H3,11,13,14,18)/t6-,7+,8+;/m0./s1. The number of nitrogens with zero attached hydrogens (tertiary/aromatic N) is 7. The summed E-state index contributed by atoms with van der Waals surface area (Å²) in [6.45, 7) is 1.62. The summed E-state index contributed by atoms with van der Waals surface area (Å²) in [5, 5.41) is 30.7. The topological polar surface area (TPSA) is 263 Å². The van der Waals surface area contributed by atoms with Crippen LogP contribution in [0, 0.1) is 12.8 Å². The number of H-pyrrole nitrogens is 2. The van der Waals surface area contributed by atoms with Crippen LogP contribution in [0.3, 0.4) is 0 Å². The second-order valence-electron chi connectivity index (χ2n) is 8.38. The highest BCUT2D eigenvalue weighted by Gasteiger charge is 2.35. The van der Waals surface area contributed by atoms with Gasteiger partial charge in [0.2, 0.25) is 5.95 Å². The number of fused-ring (bicyclic) bond motifs is 1. The van der Waals surface area contributed by atoms with Crippen molar-refractivity contribution in [2.75, 3.05) is 25.6 Å². The molecule has 17 nitrogen and oxygen atoms in total. The molecule has 7 N–H and O–H groups in total. The number of aryl methyl sites for hydroxylation is 1. The summed E-state index contributed by atoms with van der Waals surface area (Å²) in [6.07, 6.45) is 2.27. The van der Waals surface area contributed by atoms with Crippen LogP contribution in [-0.4, -0.2) is 76.4 Å². The van der Waals surface area contributed by atoms with Crippen LogP contribution in [0.15, 0.2) is 32.0 Å². The molecular weight excluding hydrogens is 492 g/mol. The lowest BCUT2D eigenvalue weighted by atomic mass is 10.1. The molecule has 3 aromatic rings. The van der Waals surface area contributed by atoms with E-state index in [9.17, 15) is 19.5 Å². The molecule has 17 heteroatoms. The number of nitrogens with two attached hydrogens (primary N) is 1. The Hall–Kier alpha value is -4.02. The van der Waals surface area contributed by atoms with Gasteiger partial charge >= 0.3 is 5.69 Å². The van der Waals surface area contributed by atoms with Gasteiger partial charge in [0, 0.05) is 48.8 Å². The van der Waals surface area contributed by atoms with Crippen molar-refractivity contribution in [3.05, 3.63) is 59.7 Å². The summed E-state index contributed by atoms with van der Waals surface area (Å²) in [4.78, 5) is 49.7. The number of aromatic amines is 2. The Morgan fingerprint density at radius 3 is 2.70 bits per heavy atom. The molecule has 1 aliphatic rings. The van der Waals surface area contributed by atoms with Gasteiger partial charge in [0.15, 0.2) is 11.2 Å². The molecule has 0 saturated carbocycles. The second kappa shape index (κ2) is 12.3. The van der Waals surface area contributed by atoms with E-state index in [4.69, 9.17) is 26.2 Å². The molecule has 1 aliphatic heterocycles. The quantitative estimate of drug-likeness (QED) is 0.114. The highest BCUT2D eigenvalue weighted by Crippen LogP contribution is 2.29. The monoisotopic (exact) mass is 520 g/mol. The average Bonchev–Trinajstić information content (AvgIpc) is 3.46. The Labute approximate surface area is 207 Å². The van der Waals surface area contributed by atoms with Crippen LogP contribution in [0.5, 0.6) is 0 Å². The van der Waals surface area contributed by atoms with Crippen LogP contribution in [-0.2, 0) is 11.3 Å². The fraction of sp³-hybridized carbons (Fsp3) is 0.550. The molecule has 3 aromatic heterocycles. The number of hydrogen-bond acceptors (Lipinski definition) is 11. The third-order valence-corrected chi connectivity index (χ3v) is 5.78. The third kappa shape index (κ3) is 6.41. The minimum Gasteiger partial charge on any atom is -0.396 e. The van der Waals surface area contributed by atoms with Crippen molar-refractivity contribution in [3.8, 4) is 0 Å². The molecule has 37 heavy (non-hydrogen) atoms. The molecule has 0 amide bonds. The van der Waals surface area contributed by atoms with Gasteiger partial charge in [-0.15, -0.1) is 0 Å². The molecule has 4 heterocycles. The van der Waals surface area contributed by atoms with Gasteiger partial charge in [-0.25, -0.2) is 9.78 Å². The van der Waals surface area contributed by atoms with Gasteiger partial charge in [0.25, 0.3) is 11.1 Å². The lowest BCUT2D eigenvalue weighted by Crippen LogP contribution is -2.33. The third-order valence-electron chi connectivity index (χ3n) is 5.78. The largest absolute Gasteiger partial charge is 0.396 e. The van der Waals surface area contributed by atoms with Crippen molar-refractivity contribution in [1.82, 2.24) is 29.1 Å². The number of azide groups is 1. The number of aliphatic hydroxyl groups is 3. The number of anilines is 1. The average molecular weight is 521 g/mol. The van der Waals surface area contributed by atoms with Gasteiger partial charge in [0.1, 0.15) is 6.23 Å². The molecule has 4 rings (SSSR count). The first kappa shape index (κ1) is 27.6. The minimum atomic E-state index is -0.671. The van der Waals surface area contributed by atoms with Gasteiger partial charge in [0.05, 0.1) is 25.1 Å². The molecule has 200 valence electrons. The molecule has 1 fully saturated rings. The van der Waals surface area contributed by atoms with E-state index in [1.807, 2.05) is 0 Å². The Balaban J connectivity index is 0.000000206. The van der Waals surface area contributed by atoms with Gasteiger partial charge in [-0.05, 0) is 18.9 Å². The van der Waals surface area contributed by atoms with E-state index in [-0.39, 0.29) is 49.2 Å². The smallest absolute Gasteiger partial charge is 0.330 e. The summed E-state index contributed by atoms with van der Waals surface area (Å²) in [7, 11) is 0. The molecule has 1 unspecified atom stereocenters. The van der Waals surface area contributed by atoms with Gasteiger partial charge in [-0.3, -0.25) is 24.1 Å². The highest BCUT2D eigenvalue weighted by molar-refractivity contribution is 5.70. The SMILES string of the molecule is Cc1cn([C@H]2C[C@H](N=[N+]=[N-])[C@@H](CO)O2)c(=O)[nH]c1=O.Nc1nc2c(ncn2CC(CO)CCO)c(=O)[nH]1. The fourth-order valence-corrected chi connectivity index (χ4v) is 3.84. The summed E-state index contributed by atoms with van der Waals surface area (Å²) in [5.74, 6) is -0.0910. The Morgan fingerprint density at radius 1 is 1.30 bits per heavy atom. The van der Waals surface area contributed by atoms with Crippen molar-refractivity contribution >= 4 is 17.1 Å². The predicted molar refractivity (Wildman–Crippen MR) is 129 cm³/mol. The van der Waals surface area contributed by atoms with Crippen LogP contribution >= 0.6 is 0 Å². The number of aromatic nitrogens is 6. The lowest BCUT2D eigenvalue weighted by Gasteiger charge is -2.14. The predicted octanol–water partition coefficient (Wildman–Crippen LogP) is -1.50. The zero-order chi connectivity index (χ0) is 27.1. The first-order valence-corrected chi connectivity index (χ1v) is 11.3. The van der Waals surface area contributed by atoms with E-state index in [0.717, 1.165) is 0 Å². The molecule has 0 aromatic carbocycles. The number of ether oxygens (including phenoxy) is 1. The lowest BCUT2D eigenvalue weighted by molar-refractivity contribution is -0.0271. The molecular formula is C20H28N10O7. The van der Waals surface area contributed by atoms with Crippen LogP contribution < -0.4 is 22.5 Å². The molecule has 0 bridgehead atoms. The molecule has 4 atom stereocenters. The Bertz CT molecular complexity index is 1440. The maximum absolute atomic E-state index is 11.7. The van der Waals surface area contributed by atoms with E-state index in [0.29, 0.717) is 24.2 Å². The second-order valence-corrected chi connectivity index (χ2v) is 8.38. The summed E-state index contributed by atoms with van der Waals surface area (Å²) >= 11 is 0. The van der Waals surface area contributed by atoms with E-state index < -0.39 is 29.6 Å². The van der Waals surface area contributed by atoms with Crippen molar-refractivity contribution < 1.29 is 20.1 Å². The van der Waals surface area contributed by atoms with Crippen molar-refractivity contribution in [2.45, 2.75) is 44.7 Å². The Kier molecular flexibility index (Phi) is 9.15. The van der Waals surface area contributed by atoms with Gasteiger partial charge < -0.3 is 30.4 Å². The number of nitrogen functional groups attached to an aromatic ring is 1. The minimum absolute atomic E-state index is 0.00595. The summed E-state index contributed by atoms with van der Waals surface area (Å²) in [6, 6.07) is -0.542. The number of hydrogen-bond donors (Lipinski definition) is 6. The molecule has 0 spiro atoms. The first-order chi connectivity index (χ1) is 17.7. The highest BCUT2D eigenvalue weighted by atomic mass is 16.5. The van der Waals surface area contributed by atoms with Crippen molar-refractivity contribution in [1.29, 1.82) is 0 Å². The molecule has 1 saturated heterocycles. The fourth-order valence-electron chi connectivity index (χ4n) is 3.84. The number of imidazole rings is 1. The zero-order valence-electron chi connectivity index (χ0n) is 19.9. The van der Waals surface area contributed by atoms with E-state index in [1.165, 1.54) is 17.1 Å². The summed E-state index contributed by atoms with van der Waals surface area (Å²) < 4.78 is 8.34. The normalized spacial score (nSPS) is 19.7. The van der Waals surface area contributed by atoms with E-state index in [1.54, 1.807) is 11.5 Å². The van der Waals surface area contributed by atoms with Gasteiger partial charge in [-0.1, -0.05) is 5.11 Å². The van der Waals surface area contributed by atoms with Crippen molar-refractivity contribution in [2.24, 2.45) is 11.0 Å². The van der Waals surface area contributed by atoms with Crippen LogP contribution in [0.2, 0.25) is 0 Å². The molecule has 0 aliphatic carbocycles. The maximum Gasteiger partial charge on any atom is 0.330 e. The zero-order valence-corrected chi connectivity index (χ0v) is 19.9. The van der Waals surface area contributed by atoms with Gasteiger partial charge in [-0.2, -0.15) is 4.98 Å². The first-order valence-electron chi connectivity index (χ1n) is 11.3. The van der Waals surface area contributed by atoms with Crippen LogP contribution in [0.4, 0.5) is 5.95 Å². The van der Waals surface area contributed by atoms with E-state index in [2.05, 4.69) is 30.0 Å². The Morgan fingerprint density at radius 2 is 2.05 bits per heavy atom. The number of rotatable bonds is 8. The van der Waals surface area contributed by atoms with Crippen LogP contribution in [0.25, 0.3) is 21.6 Å². The number of nitrogens with one attached hydrogen (secondary N) is 2. The number of aliphatic hydroxyl groups excluding tert-OH is 3. The van der Waals surface area contributed by atoms with E-state index >= 15 is 0 Å². The maximum atomic E-state index is 11.7.